The van der Waals surface area contributed by atoms with Crippen LogP contribution in [0.15, 0.2) is 29.8 Å². The van der Waals surface area contributed by atoms with Crippen LogP contribution in [0.4, 0.5) is 0 Å². The maximum Gasteiger partial charge on any atom is 0.234 e. The summed E-state index contributed by atoms with van der Waals surface area (Å²) >= 11 is 0. The van der Waals surface area contributed by atoms with E-state index in [0.29, 0.717) is 16.7 Å². The van der Waals surface area contributed by atoms with Crippen molar-refractivity contribution in [3.8, 4) is 0 Å². The summed E-state index contributed by atoms with van der Waals surface area (Å²) in [5, 5.41) is 10.6. The fraction of sp³-hybridized carbons (Fsp3) is 0.500. The van der Waals surface area contributed by atoms with E-state index in [9.17, 15) is 14.7 Å². The topological polar surface area (TPSA) is 63.6 Å². The number of ether oxygens (including phenoxy) is 1. The van der Waals surface area contributed by atoms with Gasteiger partial charge in [-0.2, -0.15) is 0 Å². The van der Waals surface area contributed by atoms with E-state index >= 15 is 0 Å². The predicted molar refractivity (Wildman–Crippen MR) is 91.9 cm³/mol. The lowest BCUT2D eigenvalue weighted by Gasteiger charge is -2.34. The zero-order chi connectivity index (χ0) is 17.5. The molecule has 0 amide bonds. The van der Waals surface area contributed by atoms with Crippen LogP contribution in [0.2, 0.25) is 0 Å². The highest BCUT2D eigenvalue weighted by atomic mass is 16.5. The molecule has 1 aromatic carbocycles. The van der Waals surface area contributed by atoms with Crippen LogP contribution in [0.5, 0.6) is 0 Å². The maximum atomic E-state index is 12.5. The molecule has 0 aliphatic heterocycles. The monoisotopic (exact) mass is 328 g/mol. The van der Waals surface area contributed by atoms with Crippen LogP contribution in [0.3, 0.4) is 0 Å². The number of aliphatic hydroxyl groups is 1. The van der Waals surface area contributed by atoms with Gasteiger partial charge < -0.3 is 9.84 Å². The number of benzene rings is 1. The van der Waals surface area contributed by atoms with Gasteiger partial charge in [0.2, 0.25) is 11.6 Å². The average Bonchev–Trinajstić information content (AvgIpc) is 2.53. The Hall–Kier alpha value is -1.94. The highest BCUT2D eigenvalue weighted by Crippen LogP contribution is 2.39. The molecule has 4 nitrogen and oxygen atoms in total. The number of Topliss-reactive ketones (excluding diaryl/α,β-unsaturated/α-hetero) is 2. The number of ketones is 2. The van der Waals surface area contributed by atoms with E-state index in [1.807, 2.05) is 20.8 Å². The molecular weight excluding hydrogens is 304 g/mol. The third-order valence-electron chi connectivity index (χ3n) is 4.74. The number of allylic oxidation sites excluding steroid dienone is 1. The summed E-state index contributed by atoms with van der Waals surface area (Å²) in [6.45, 7) is 6.11. The minimum Gasteiger partial charge on any atom is -0.507 e. The van der Waals surface area contributed by atoms with E-state index in [0.717, 1.165) is 25.7 Å². The summed E-state index contributed by atoms with van der Waals surface area (Å²) in [5.41, 5.74) is 0.889. The van der Waals surface area contributed by atoms with E-state index in [1.165, 1.54) is 0 Å². The van der Waals surface area contributed by atoms with Gasteiger partial charge in [-0.15, -0.1) is 0 Å². The zero-order valence-corrected chi connectivity index (χ0v) is 14.5. The number of carbonyl (C=O) groups is 2. The molecule has 24 heavy (non-hydrogen) atoms. The summed E-state index contributed by atoms with van der Waals surface area (Å²) in [5.74, 6) is -1.15. The number of hydrogen-bond acceptors (Lipinski definition) is 4. The van der Waals surface area contributed by atoms with Crippen LogP contribution in [-0.2, 0) is 9.53 Å². The second-order valence-electron chi connectivity index (χ2n) is 7.67. The standard InChI is InChI=1S/C20H24O4/c1-20(2,3)24-13-10-8-12(9-11-13)16-17(21)14-6-4-5-7-15(14)18(22)19(16)23/h4-7,12-13,21H,8-11H2,1-3H3. The van der Waals surface area contributed by atoms with E-state index < -0.39 is 11.6 Å². The molecule has 1 fully saturated rings. The SMILES string of the molecule is CC(C)(C)OC1CCC(C2=C(O)c3ccccc3C(=O)C2=O)CC1. The van der Waals surface area contributed by atoms with Gasteiger partial charge in [-0.05, 0) is 52.4 Å². The molecule has 0 aromatic heterocycles. The van der Waals surface area contributed by atoms with Gasteiger partial charge in [0.1, 0.15) is 5.76 Å². The van der Waals surface area contributed by atoms with Gasteiger partial charge in [0.05, 0.1) is 11.7 Å². The second kappa shape index (κ2) is 6.17. The van der Waals surface area contributed by atoms with Crippen molar-refractivity contribution in [2.75, 3.05) is 0 Å². The third kappa shape index (κ3) is 3.16. The molecule has 0 radical (unpaired) electrons. The highest BCUT2D eigenvalue weighted by molar-refractivity contribution is 6.52. The first-order chi connectivity index (χ1) is 11.3. The van der Waals surface area contributed by atoms with E-state index in [4.69, 9.17) is 4.74 Å². The molecule has 1 saturated carbocycles. The van der Waals surface area contributed by atoms with Crippen molar-refractivity contribution in [2.45, 2.75) is 58.2 Å². The first-order valence-electron chi connectivity index (χ1n) is 8.57. The molecule has 4 heteroatoms. The molecular formula is C20H24O4. The van der Waals surface area contributed by atoms with Gasteiger partial charge in [-0.1, -0.05) is 24.3 Å². The molecule has 1 N–H and O–H groups in total. The summed E-state index contributed by atoms with van der Waals surface area (Å²) in [7, 11) is 0. The highest BCUT2D eigenvalue weighted by Gasteiger charge is 2.38. The lowest BCUT2D eigenvalue weighted by atomic mass is 9.75. The van der Waals surface area contributed by atoms with Gasteiger partial charge in [0.15, 0.2) is 0 Å². The Kier molecular flexibility index (Phi) is 4.35. The van der Waals surface area contributed by atoms with Crippen LogP contribution < -0.4 is 0 Å². The maximum absolute atomic E-state index is 12.5. The van der Waals surface area contributed by atoms with Crippen molar-refractivity contribution in [3.05, 3.63) is 41.0 Å². The number of fused-ring (bicyclic) bond motifs is 1. The smallest absolute Gasteiger partial charge is 0.234 e. The molecule has 0 atom stereocenters. The Labute approximate surface area is 142 Å². The normalized spacial score (nSPS) is 25.0. The van der Waals surface area contributed by atoms with Crippen molar-refractivity contribution < 1.29 is 19.4 Å². The zero-order valence-electron chi connectivity index (χ0n) is 14.5. The quantitative estimate of drug-likeness (QED) is 0.830. The van der Waals surface area contributed by atoms with Gasteiger partial charge in [-0.25, -0.2) is 0 Å². The van der Waals surface area contributed by atoms with Gasteiger partial charge in [-0.3, -0.25) is 9.59 Å². The Balaban J connectivity index is 1.83. The van der Waals surface area contributed by atoms with Crippen LogP contribution in [0.1, 0.15) is 62.4 Å². The number of hydrogen-bond donors (Lipinski definition) is 1. The molecule has 2 aliphatic rings. The number of aliphatic hydroxyl groups excluding tert-OH is 1. The number of rotatable bonds is 2. The van der Waals surface area contributed by atoms with Crippen molar-refractivity contribution in [3.63, 3.8) is 0 Å². The number of carbonyl (C=O) groups excluding carboxylic acids is 2. The van der Waals surface area contributed by atoms with Crippen LogP contribution in [0.25, 0.3) is 5.76 Å². The average molecular weight is 328 g/mol. The summed E-state index contributed by atoms with van der Waals surface area (Å²) in [6, 6.07) is 6.77. The summed E-state index contributed by atoms with van der Waals surface area (Å²) < 4.78 is 6.01. The first kappa shape index (κ1) is 16.9. The summed E-state index contributed by atoms with van der Waals surface area (Å²) in [4.78, 5) is 24.9. The molecule has 0 saturated heterocycles. The minimum atomic E-state index is -0.550. The molecule has 0 heterocycles. The molecule has 0 spiro atoms. The molecule has 2 aliphatic carbocycles. The van der Waals surface area contributed by atoms with Crippen molar-refractivity contribution in [2.24, 2.45) is 5.92 Å². The molecule has 0 unspecified atom stereocenters. The molecule has 0 bridgehead atoms. The van der Waals surface area contributed by atoms with Crippen LogP contribution in [0, 0.1) is 5.92 Å². The third-order valence-corrected chi connectivity index (χ3v) is 4.74. The largest absolute Gasteiger partial charge is 0.507 e. The van der Waals surface area contributed by atoms with Crippen LogP contribution in [-0.4, -0.2) is 28.4 Å². The lowest BCUT2D eigenvalue weighted by molar-refractivity contribution is -0.113. The van der Waals surface area contributed by atoms with Crippen molar-refractivity contribution in [1.82, 2.24) is 0 Å². The predicted octanol–water partition coefficient (Wildman–Crippen LogP) is 4.10. The molecule has 1 aromatic rings. The summed E-state index contributed by atoms with van der Waals surface area (Å²) in [6.07, 6.45) is 3.34. The Morgan fingerprint density at radius 2 is 1.54 bits per heavy atom. The fourth-order valence-electron chi connectivity index (χ4n) is 3.73. The van der Waals surface area contributed by atoms with Crippen LogP contribution >= 0.6 is 0 Å². The Morgan fingerprint density at radius 1 is 0.958 bits per heavy atom. The van der Waals surface area contributed by atoms with Gasteiger partial charge in [0.25, 0.3) is 0 Å². The molecule has 3 rings (SSSR count). The fourth-order valence-corrected chi connectivity index (χ4v) is 3.73. The van der Waals surface area contributed by atoms with Gasteiger partial charge >= 0.3 is 0 Å². The van der Waals surface area contributed by atoms with E-state index in [-0.39, 0.29) is 23.4 Å². The Bertz CT molecular complexity index is 701. The second-order valence-corrected chi connectivity index (χ2v) is 7.67. The van der Waals surface area contributed by atoms with Gasteiger partial charge in [0, 0.05) is 16.7 Å². The van der Waals surface area contributed by atoms with E-state index in [1.54, 1.807) is 24.3 Å². The van der Waals surface area contributed by atoms with Crippen molar-refractivity contribution in [1.29, 1.82) is 0 Å². The molecule has 128 valence electrons. The first-order valence-corrected chi connectivity index (χ1v) is 8.57. The van der Waals surface area contributed by atoms with Crippen molar-refractivity contribution >= 4 is 17.3 Å². The lowest BCUT2D eigenvalue weighted by Crippen LogP contribution is -2.34. The Morgan fingerprint density at radius 3 is 2.12 bits per heavy atom. The minimum absolute atomic E-state index is 0.0182. The van der Waals surface area contributed by atoms with E-state index in [2.05, 4.69) is 0 Å².